The van der Waals surface area contributed by atoms with Gasteiger partial charge in [0.25, 0.3) is 0 Å². The maximum atomic E-state index is 13.7. The second kappa shape index (κ2) is 5.04. The lowest BCUT2D eigenvalue weighted by atomic mass is 9.99. The Bertz CT molecular complexity index is 758. The van der Waals surface area contributed by atoms with Crippen molar-refractivity contribution in [1.29, 1.82) is 0 Å². The van der Waals surface area contributed by atoms with Crippen molar-refractivity contribution in [2.75, 3.05) is 0 Å². The standard InChI is InChI=1S/C18H14F2/c1-2-12-3-5-13(6-4-12)14-7-9-16-15(11-14)8-10-17(19)18(16)20/h3-11H,2H2,1H3. The molecule has 0 aromatic heterocycles. The Kier molecular flexibility index (Phi) is 3.23. The lowest BCUT2D eigenvalue weighted by Gasteiger charge is -2.06. The fraction of sp³-hybridized carbons (Fsp3) is 0.111. The van der Waals surface area contributed by atoms with Crippen molar-refractivity contribution in [2.24, 2.45) is 0 Å². The van der Waals surface area contributed by atoms with Crippen LogP contribution in [0.2, 0.25) is 0 Å². The Hall–Kier alpha value is -2.22. The van der Waals surface area contributed by atoms with Crippen LogP contribution in [-0.2, 0) is 6.42 Å². The van der Waals surface area contributed by atoms with Crippen molar-refractivity contribution >= 4 is 10.8 Å². The van der Waals surface area contributed by atoms with Crippen molar-refractivity contribution in [2.45, 2.75) is 13.3 Å². The zero-order valence-electron chi connectivity index (χ0n) is 11.2. The highest BCUT2D eigenvalue weighted by Gasteiger charge is 2.07. The van der Waals surface area contributed by atoms with Gasteiger partial charge in [0.2, 0.25) is 0 Å². The van der Waals surface area contributed by atoms with E-state index < -0.39 is 11.6 Å². The summed E-state index contributed by atoms with van der Waals surface area (Å²) in [6.45, 7) is 2.11. The summed E-state index contributed by atoms with van der Waals surface area (Å²) >= 11 is 0. The molecule has 0 fully saturated rings. The van der Waals surface area contributed by atoms with E-state index in [0.29, 0.717) is 10.8 Å². The quantitative estimate of drug-likeness (QED) is 0.588. The number of benzene rings is 3. The SMILES string of the molecule is CCc1ccc(-c2ccc3c(F)c(F)ccc3c2)cc1. The molecule has 0 spiro atoms. The van der Waals surface area contributed by atoms with Crippen molar-refractivity contribution in [1.82, 2.24) is 0 Å². The molecule has 0 aliphatic rings. The maximum Gasteiger partial charge on any atom is 0.166 e. The summed E-state index contributed by atoms with van der Waals surface area (Å²) in [5.41, 5.74) is 3.36. The number of rotatable bonds is 2. The molecule has 0 radical (unpaired) electrons. The van der Waals surface area contributed by atoms with Crippen LogP contribution in [0.5, 0.6) is 0 Å². The molecule has 0 nitrogen and oxygen atoms in total. The molecule has 3 aromatic rings. The van der Waals surface area contributed by atoms with Gasteiger partial charge >= 0.3 is 0 Å². The highest BCUT2D eigenvalue weighted by Crippen LogP contribution is 2.27. The van der Waals surface area contributed by atoms with Crippen LogP contribution in [0, 0.1) is 11.6 Å². The minimum absolute atomic E-state index is 0.318. The van der Waals surface area contributed by atoms with E-state index in [1.54, 1.807) is 12.1 Å². The Morgan fingerprint density at radius 1 is 0.800 bits per heavy atom. The number of fused-ring (bicyclic) bond motifs is 1. The van der Waals surface area contributed by atoms with Crippen molar-refractivity contribution < 1.29 is 8.78 Å². The predicted molar refractivity (Wildman–Crippen MR) is 78.7 cm³/mol. The molecular weight excluding hydrogens is 254 g/mol. The van der Waals surface area contributed by atoms with E-state index in [1.807, 2.05) is 12.1 Å². The van der Waals surface area contributed by atoms with E-state index in [1.165, 1.54) is 11.6 Å². The fourth-order valence-corrected chi connectivity index (χ4v) is 2.38. The molecule has 0 aliphatic carbocycles. The van der Waals surface area contributed by atoms with E-state index in [2.05, 4.69) is 31.2 Å². The number of hydrogen-bond donors (Lipinski definition) is 0. The van der Waals surface area contributed by atoms with Crippen LogP contribution >= 0.6 is 0 Å². The maximum absolute atomic E-state index is 13.7. The molecule has 0 N–H and O–H groups in total. The summed E-state index contributed by atoms with van der Waals surface area (Å²) < 4.78 is 26.8. The lowest BCUT2D eigenvalue weighted by molar-refractivity contribution is 0.517. The summed E-state index contributed by atoms with van der Waals surface area (Å²) in [5.74, 6) is -1.59. The third kappa shape index (κ3) is 2.18. The molecule has 3 aromatic carbocycles. The van der Waals surface area contributed by atoms with Crippen LogP contribution in [0.3, 0.4) is 0 Å². The highest BCUT2D eigenvalue weighted by atomic mass is 19.2. The number of halogens is 2. The smallest absolute Gasteiger partial charge is 0.166 e. The van der Waals surface area contributed by atoms with Crippen molar-refractivity contribution in [3.63, 3.8) is 0 Å². The van der Waals surface area contributed by atoms with Gasteiger partial charge in [-0.25, -0.2) is 8.78 Å². The zero-order valence-corrected chi connectivity index (χ0v) is 11.2. The molecule has 2 heteroatoms. The van der Waals surface area contributed by atoms with Crippen LogP contribution in [0.25, 0.3) is 21.9 Å². The molecule has 0 heterocycles. The Balaban J connectivity index is 2.10. The fourth-order valence-electron chi connectivity index (χ4n) is 2.38. The average Bonchev–Trinajstić information content (AvgIpc) is 2.51. The molecule has 3 rings (SSSR count). The van der Waals surface area contributed by atoms with Crippen molar-refractivity contribution in [3.05, 3.63) is 71.8 Å². The largest absolute Gasteiger partial charge is 0.204 e. The molecule has 0 saturated heterocycles. The third-order valence-electron chi connectivity index (χ3n) is 3.60. The van der Waals surface area contributed by atoms with Gasteiger partial charge in [-0.1, -0.05) is 49.4 Å². The summed E-state index contributed by atoms with van der Waals surface area (Å²) in [7, 11) is 0. The minimum Gasteiger partial charge on any atom is -0.204 e. The summed E-state index contributed by atoms with van der Waals surface area (Å²) in [6.07, 6.45) is 1.00. The summed E-state index contributed by atoms with van der Waals surface area (Å²) in [6, 6.07) is 16.4. The van der Waals surface area contributed by atoms with Gasteiger partial charge in [0, 0.05) is 5.39 Å². The van der Waals surface area contributed by atoms with Crippen molar-refractivity contribution in [3.8, 4) is 11.1 Å². The molecule has 20 heavy (non-hydrogen) atoms. The third-order valence-corrected chi connectivity index (χ3v) is 3.60. The first-order valence-corrected chi connectivity index (χ1v) is 6.66. The van der Waals surface area contributed by atoms with Crippen LogP contribution < -0.4 is 0 Å². The van der Waals surface area contributed by atoms with Gasteiger partial charge < -0.3 is 0 Å². The van der Waals surface area contributed by atoms with E-state index in [4.69, 9.17) is 0 Å². The molecule has 0 bridgehead atoms. The first kappa shape index (κ1) is 12.8. The Labute approximate surface area is 116 Å². The second-order valence-corrected chi connectivity index (χ2v) is 4.85. The lowest BCUT2D eigenvalue weighted by Crippen LogP contribution is -1.87. The molecular formula is C18H14F2. The monoisotopic (exact) mass is 268 g/mol. The molecule has 0 atom stereocenters. The molecule has 0 aliphatic heterocycles. The zero-order chi connectivity index (χ0) is 14.1. The van der Waals surface area contributed by atoms with Gasteiger partial charge in [-0.05, 0) is 40.6 Å². The number of aryl methyl sites for hydroxylation is 1. The first-order chi connectivity index (χ1) is 9.69. The van der Waals surface area contributed by atoms with E-state index >= 15 is 0 Å². The Morgan fingerprint density at radius 2 is 1.50 bits per heavy atom. The van der Waals surface area contributed by atoms with E-state index in [0.717, 1.165) is 17.5 Å². The van der Waals surface area contributed by atoms with Gasteiger partial charge in [0.1, 0.15) is 0 Å². The van der Waals surface area contributed by atoms with Crippen LogP contribution in [0.15, 0.2) is 54.6 Å². The summed E-state index contributed by atoms with van der Waals surface area (Å²) in [4.78, 5) is 0. The molecule has 0 saturated carbocycles. The van der Waals surface area contributed by atoms with Gasteiger partial charge in [-0.15, -0.1) is 0 Å². The molecule has 0 amide bonds. The minimum atomic E-state index is -0.808. The van der Waals surface area contributed by atoms with Crippen LogP contribution in [-0.4, -0.2) is 0 Å². The van der Waals surface area contributed by atoms with Crippen LogP contribution in [0.1, 0.15) is 12.5 Å². The first-order valence-electron chi connectivity index (χ1n) is 6.66. The molecule has 0 unspecified atom stereocenters. The topological polar surface area (TPSA) is 0 Å². The summed E-state index contributed by atoms with van der Waals surface area (Å²) in [5, 5.41) is 1.03. The van der Waals surface area contributed by atoms with Gasteiger partial charge in [0.05, 0.1) is 0 Å². The normalized spacial score (nSPS) is 10.9. The van der Waals surface area contributed by atoms with Crippen LogP contribution in [0.4, 0.5) is 8.78 Å². The van der Waals surface area contributed by atoms with Gasteiger partial charge in [0.15, 0.2) is 11.6 Å². The van der Waals surface area contributed by atoms with E-state index in [-0.39, 0.29) is 0 Å². The Morgan fingerprint density at radius 3 is 2.20 bits per heavy atom. The van der Waals surface area contributed by atoms with Gasteiger partial charge in [-0.3, -0.25) is 0 Å². The van der Waals surface area contributed by atoms with E-state index in [9.17, 15) is 8.78 Å². The van der Waals surface area contributed by atoms with Gasteiger partial charge in [-0.2, -0.15) is 0 Å². The number of hydrogen-bond acceptors (Lipinski definition) is 0. The average molecular weight is 268 g/mol. The predicted octanol–water partition coefficient (Wildman–Crippen LogP) is 5.35. The second-order valence-electron chi connectivity index (χ2n) is 4.85. The highest BCUT2D eigenvalue weighted by molar-refractivity contribution is 5.87. The molecule has 100 valence electrons.